The zero-order valence-corrected chi connectivity index (χ0v) is 34.9. The summed E-state index contributed by atoms with van der Waals surface area (Å²) in [5.41, 5.74) is 32.5. The van der Waals surface area contributed by atoms with Crippen LogP contribution in [0.5, 0.6) is 0 Å². The van der Waals surface area contributed by atoms with Crippen LogP contribution in [0.25, 0.3) is 34.2 Å². The van der Waals surface area contributed by atoms with Crippen molar-refractivity contribution in [1.29, 1.82) is 0 Å². The van der Waals surface area contributed by atoms with E-state index in [4.69, 9.17) is 42.9 Å². The first-order valence-electron chi connectivity index (χ1n) is 18.8. The Morgan fingerprint density at radius 3 is 1.08 bits per heavy atom. The molecule has 0 saturated carbocycles. The van der Waals surface area contributed by atoms with E-state index in [1.54, 1.807) is 0 Å². The molecule has 14 nitrogen and oxygen atoms in total. The first-order valence-corrected chi connectivity index (χ1v) is 18.8. The van der Waals surface area contributed by atoms with Crippen LogP contribution in [0.3, 0.4) is 0 Å². The number of hydrogen-bond donors (Lipinski definition) is 6. The number of aromatic nitrogens is 6. The fourth-order valence-corrected chi connectivity index (χ4v) is 6.29. The minimum absolute atomic E-state index is 0. The number of rotatable bonds is 7. The van der Waals surface area contributed by atoms with Crippen LogP contribution in [-0.2, 0) is 38.8 Å². The van der Waals surface area contributed by atoms with Gasteiger partial charge in [-0.25, -0.2) is 9.97 Å². The van der Waals surface area contributed by atoms with Gasteiger partial charge in [0.1, 0.15) is 0 Å². The number of pyridine rings is 6. The van der Waals surface area contributed by atoms with E-state index in [2.05, 4.69) is 82.3 Å². The fraction of sp³-hybridized carbons (Fsp3) is 0.182. The number of fused-ring (bicyclic) bond motifs is 10. The van der Waals surface area contributed by atoms with Gasteiger partial charge in [0.2, 0.25) is 0 Å². The van der Waals surface area contributed by atoms with E-state index in [9.17, 15) is 9.59 Å². The number of nitrogens with two attached hydrogens (primary N) is 4. The third kappa shape index (κ3) is 12.7. The molecular formula is C44H50EuN12O2+3. The van der Waals surface area contributed by atoms with Gasteiger partial charge in [0.05, 0.1) is 57.2 Å². The summed E-state index contributed by atoms with van der Waals surface area (Å²) in [5.74, 6) is -0.944. The molecule has 6 aromatic rings. The molecular weight excluding hydrogens is 881 g/mol. The molecule has 59 heavy (non-hydrogen) atoms. The van der Waals surface area contributed by atoms with Crippen molar-refractivity contribution in [3.8, 4) is 34.2 Å². The van der Waals surface area contributed by atoms with Crippen LogP contribution >= 0.6 is 0 Å². The van der Waals surface area contributed by atoms with Crippen molar-refractivity contribution in [2.75, 3.05) is 0 Å². The van der Waals surface area contributed by atoms with Crippen LogP contribution in [-0.4, -0.2) is 41.7 Å². The maximum atomic E-state index is 12.3. The van der Waals surface area contributed by atoms with Crippen molar-refractivity contribution >= 4 is 11.8 Å². The van der Waals surface area contributed by atoms with Crippen molar-refractivity contribution in [3.63, 3.8) is 0 Å². The van der Waals surface area contributed by atoms with Gasteiger partial charge in [-0.2, -0.15) is 0 Å². The summed E-state index contributed by atoms with van der Waals surface area (Å²) in [4.78, 5) is 52.8. The van der Waals surface area contributed by atoms with E-state index in [1.165, 1.54) is 24.3 Å². The Hall–Kier alpha value is -5.58. The average molecular weight is 931 g/mol. The molecule has 15 heteroatoms. The maximum absolute atomic E-state index is 12.3. The normalized spacial score (nSPS) is 11.9. The Morgan fingerprint density at radius 2 is 0.814 bits per heavy atom. The fourth-order valence-electron chi connectivity index (χ4n) is 6.29. The molecule has 8 bridgehead atoms. The summed E-state index contributed by atoms with van der Waals surface area (Å²) < 4.78 is 0. The molecule has 0 saturated heterocycles. The Bertz CT molecular complexity index is 2220. The summed E-state index contributed by atoms with van der Waals surface area (Å²) in [6, 6.07) is 31.0. The standard InChI is InChI=1S/C26H24N4.C18H22N8O2.Eu.2H2/c1-7-19-11-3-15-23(27-19)25-17-5-13-21(29-25)9-2-10-22-14-6-18-26(30-22)24-16-4-12-20(8-1)28-24;1-9(21)23-17(27)11-3-13(7-19)25-15(5-11)16-6-12(4-14(8-20)26-16)18(28)24-10(2)22;;;/h3-6,11-18H,1-2,7-10H2;3-6H,1-2,7-8,19-22H2,(H,23,27)(H,24,28);;2*1H/q;;+3;;. The predicted molar refractivity (Wildman–Crippen MR) is 228 cm³/mol. The number of amides is 2. The summed E-state index contributed by atoms with van der Waals surface area (Å²) in [6.45, 7) is 7.06. The van der Waals surface area contributed by atoms with Gasteiger partial charge < -0.3 is 33.6 Å². The second-order valence-corrected chi connectivity index (χ2v) is 13.6. The smallest absolute Gasteiger partial charge is 0.386 e. The Labute approximate surface area is 387 Å². The van der Waals surface area contributed by atoms with Crippen molar-refractivity contribution in [3.05, 3.63) is 167 Å². The van der Waals surface area contributed by atoms with Crippen molar-refractivity contribution in [2.24, 2.45) is 22.9 Å². The topological polar surface area (TPSA) is 240 Å². The largest absolute Gasteiger partial charge is 3.00 e. The van der Waals surface area contributed by atoms with Crippen LogP contribution < -0.4 is 33.6 Å². The van der Waals surface area contributed by atoms with Crippen molar-refractivity contribution < 1.29 is 61.8 Å². The summed E-state index contributed by atoms with van der Waals surface area (Å²) in [7, 11) is 0. The van der Waals surface area contributed by atoms with E-state index >= 15 is 0 Å². The quantitative estimate of drug-likeness (QED) is 0.122. The molecule has 0 aliphatic carbocycles. The van der Waals surface area contributed by atoms with E-state index in [1.807, 2.05) is 24.3 Å². The maximum Gasteiger partial charge on any atom is 3.00 e. The number of nitrogens with zero attached hydrogens (tertiary/aromatic N) is 6. The second kappa shape index (κ2) is 21.4. The summed E-state index contributed by atoms with van der Waals surface area (Å²) in [6.07, 6.45) is 5.71. The molecule has 0 spiro atoms. The molecule has 0 unspecified atom stereocenters. The molecule has 1 aliphatic rings. The van der Waals surface area contributed by atoms with Crippen molar-refractivity contribution in [1.82, 2.24) is 40.5 Å². The van der Waals surface area contributed by atoms with Gasteiger partial charge in [0.25, 0.3) is 11.8 Å². The van der Waals surface area contributed by atoms with E-state index < -0.39 is 11.8 Å². The first kappa shape index (κ1) is 44.5. The van der Waals surface area contributed by atoms with Gasteiger partial charge in [0, 0.05) is 49.8 Å². The van der Waals surface area contributed by atoms with Crippen LogP contribution in [0, 0.1) is 49.4 Å². The Balaban J connectivity index is 0.000000311. The van der Waals surface area contributed by atoms with Gasteiger partial charge in [-0.3, -0.25) is 29.5 Å². The van der Waals surface area contributed by atoms with E-state index in [-0.39, 0.29) is 88.1 Å². The molecule has 10 N–H and O–H groups in total. The predicted octanol–water partition coefficient (Wildman–Crippen LogP) is 5.14. The first-order chi connectivity index (χ1) is 28.1. The minimum Gasteiger partial charge on any atom is -0.386 e. The van der Waals surface area contributed by atoms with Gasteiger partial charge >= 0.3 is 49.4 Å². The Kier molecular flexibility index (Phi) is 16.2. The second-order valence-electron chi connectivity index (χ2n) is 13.6. The Morgan fingerprint density at radius 1 is 0.508 bits per heavy atom. The van der Waals surface area contributed by atoms with Crippen LogP contribution in [0.4, 0.5) is 0 Å². The number of aryl methyl sites for hydroxylation is 4. The van der Waals surface area contributed by atoms with E-state index in [0.29, 0.717) is 22.8 Å². The molecule has 7 heterocycles. The molecule has 1 aliphatic heterocycles. The monoisotopic (exact) mass is 931 g/mol. The van der Waals surface area contributed by atoms with Gasteiger partial charge in [-0.15, -0.1) is 0 Å². The van der Waals surface area contributed by atoms with E-state index in [0.717, 1.165) is 84.1 Å². The zero-order valence-electron chi connectivity index (χ0n) is 32.5. The summed E-state index contributed by atoms with van der Waals surface area (Å²) in [5, 5.41) is 4.82. The number of nitrogens with one attached hydrogen (secondary N) is 2. The third-order valence-corrected chi connectivity index (χ3v) is 8.99. The van der Waals surface area contributed by atoms with Gasteiger partial charge in [-0.05, 0) is 111 Å². The minimum atomic E-state index is -0.474. The van der Waals surface area contributed by atoms with Crippen molar-refractivity contribution in [2.45, 2.75) is 51.6 Å². The van der Waals surface area contributed by atoms with Gasteiger partial charge in [-0.1, -0.05) is 37.4 Å². The molecule has 7 rings (SSSR count). The summed E-state index contributed by atoms with van der Waals surface area (Å²) >= 11 is 0. The van der Waals surface area contributed by atoms with Gasteiger partial charge in [0.15, 0.2) is 0 Å². The van der Waals surface area contributed by atoms with Crippen LogP contribution in [0.1, 0.15) is 70.6 Å². The zero-order chi connectivity index (χ0) is 41.0. The molecule has 302 valence electrons. The molecule has 0 aromatic carbocycles. The average Bonchev–Trinajstić information content (AvgIpc) is 3.23. The third-order valence-electron chi connectivity index (χ3n) is 8.99. The molecule has 0 fully saturated rings. The molecule has 0 atom stereocenters. The molecule has 6 aromatic heterocycles. The molecule has 0 radical (unpaired) electrons. The number of carbonyl (C=O) groups is 2. The molecule has 2 amide bonds. The van der Waals surface area contributed by atoms with Crippen LogP contribution in [0.2, 0.25) is 0 Å². The number of carbonyl (C=O) groups excluding carboxylic acids is 2. The SMILES string of the molecule is C=C(N)NC(=O)c1cc(CN)nc(-c2cc(C(=O)NC(=C)N)cc(CN)n2)c1.[Eu+3].[HH].[HH].c1cc2nc(c1)-c1cccc(n1)CCCc1cccc(n1)-c1cccc(n1)CCC2. The van der Waals surface area contributed by atoms with Crippen LogP contribution in [0.15, 0.2) is 122 Å². The number of hydrogen-bond acceptors (Lipinski definition) is 12.